The minimum atomic E-state index is -2.11. The summed E-state index contributed by atoms with van der Waals surface area (Å²) < 4.78 is 23.3. The molecule has 1 saturated heterocycles. The van der Waals surface area contributed by atoms with Gasteiger partial charge < -0.3 is 39.4 Å². The first kappa shape index (κ1) is 28.0. The second-order valence-electron chi connectivity index (χ2n) is 13.7. The molecule has 1 aromatic rings. The van der Waals surface area contributed by atoms with Gasteiger partial charge in [-0.25, -0.2) is 4.79 Å². The second kappa shape index (κ2) is 8.87. The zero-order valence-electron chi connectivity index (χ0n) is 24.3. The molecule has 7 bridgehead atoms. The monoisotopic (exact) mass is 573 g/mol. The number of piperidine rings is 1. The fraction of sp³-hybridized carbons (Fsp3) is 0.774. The Labute approximate surface area is 240 Å². The highest BCUT2D eigenvalue weighted by Crippen LogP contribution is 2.81. The van der Waals surface area contributed by atoms with E-state index in [1.807, 2.05) is 0 Å². The van der Waals surface area contributed by atoms with Gasteiger partial charge in [0.2, 0.25) is 0 Å². The highest BCUT2D eigenvalue weighted by Gasteiger charge is 2.92. The molecule has 6 fully saturated rings. The molecule has 41 heavy (non-hydrogen) atoms. The Hall–Kier alpha value is -1.79. The van der Waals surface area contributed by atoms with Crippen molar-refractivity contribution in [2.24, 2.45) is 28.6 Å². The summed E-state index contributed by atoms with van der Waals surface area (Å²) in [5, 5.41) is 50.2. The molecule has 0 unspecified atom stereocenters. The van der Waals surface area contributed by atoms with Crippen LogP contribution in [0.4, 0.5) is 0 Å². The molecule has 10 heteroatoms. The minimum absolute atomic E-state index is 0.0821. The zero-order valence-corrected chi connectivity index (χ0v) is 24.3. The quantitative estimate of drug-likeness (QED) is 0.349. The molecule has 7 rings (SSSR count). The van der Waals surface area contributed by atoms with Gasteiger partial charge in [-0.15, -0.1) is 0 Å². The average molecular weight is 574 g/mol. The van der Waals surface area contributed by atoms with E-state index in [0.29, 0.717) is 30.9 Å². The SMILES string of the molecule is CCN1C[C@]2(COC)CC[C@H](OC)[C@@]34[C@@H]2C[C@@](O)([C@@H]13)[C@@]1(O)C[C@H](OC(=O)c2ccc(OC)cc2)[C@H]2C[C@@H]4[C@]1(O)[C@H]2O. The number of esters is 1. The summed E-state index contributed by atoms with van der Waals surface area (Å²) in [7, 11) is 4.94. The van der Waals surface area contributed by atoms with E-state index in [-0.39, 0.29) is 30.3 Å². The van der Waals surface area contributed by atoms with E-state index in [1.54, 1.807) is 45.6 Å². The van der Waals surface area contributed by atoms with Crippen LogP contribution >= 0.6 is 0 Å². The van der Waals surface area contributed by atoms with E-state index >= 15 is 0 Å². The summed E-state index contributed by atoms with van der Waals surface area (Å²) in [4.78, 5) is 15.5. The third-order valence-corrected chi connectivity index (χ3v) is 12.7. The standard InChI is InChI=1S/C31H43NO9/c1-5-32-15-27(16-38-2)11-10-23(40-4)30-21-12-19-20(41-25(34)17-6-8-18(39-3)9-7-17)13-29(36,31(21,37)24(19)33)28(35,26(30)32)14-22(27)30/h6-9,19-24,26,33,35-37H,5,10-16H2,1-4H3/t19-,20+,21+,22-,23+,24+,26-,27+,28-,29+,30-,31+/m1/s1. The molecule has 12 atom stereocenters. The molecule has 1 spiro atoms. The lowest BCUT2D eigenvalue weighted by Gasteiger charge is -2.72. The lowest BCUT2D eigenvalue weighted by Crippen LogP contribution is -2.87. The van der Waals surface area contributed by atoms with Crippen LogP contribution in [0.3, 0.4) is 0 Å². The predicted molar refractivity (Wildman–Crippen MR) is 145 cm³/mol. The number of carbonyl (C=O) groups excluding carboxylic acids is 1. The highest BCUT2D eigenvalue weighted by atomic mass is 16.5. The van der Waals surface area contributed by atoms with E-state index in [1.165, 1.54) is 0 Å². The Morgan fingerprint density at radius 1 is 1.07 bits per heavy atom. The average Bonchev–Trinajstić information content (AvgIpc) is 3.31. The van der Waals surface area contributed by atoms with Gasteiger partial charge in [-0.3, -0.25) is 4.90 Å². The topological polar surface area (TPSA) is 138 Å². The molecule has 0 amide bonds. The molecule has 4 N–H and O–H groups in total. The molecule has 5 aliphatic carbocycles. The van der Waals surface area contributed by atoms with Crippen LogP contribution < -0.4 is 4.74 Å². The van der Waals surface area contributed by atoms with E-state index in [2.05, 4.69) is 11.8 Å². The second-order valence-corrected chi connectivity index (χ2v) is 13.7. The van der Waals surface area contributed by atoms with Gasteiger partial charge in [0.1, 0.15) is 28.7 Å². The van der Waals surface area contributed by atoms with Gasteiger partial charge in [-0.2, -0.15) is 0 Å². The molecule has 6 aliphatic rings. The smallest absolute Gasteiger partial charge is 0.338 e. The van der Waals surface area contributed by atoms with Crippen molar-refractivity contribution >= 4 is 5.97 Å². The third-order valence-electron chi connectivity index (χ3n) is 12.7. The number of hydrogen-bond donors (Lipinski definition) is 4. The zero-order chi connectivity index (χ0) is 29.2. The summed E-state index contributed by atoms with van der Waals surface area (Å²) in [6, 6.07) is 6.06. The number of benzene rings is 1. The van der Waals surface area contributed by atoms with E-state index < -0.39 is 58.3 Å². The molecular formula is C31H43NO9. The number of aliphatic hydroxyl groups is 4. The van der Waals surface area contributed by atoms with Crippen LogP contribution in [0.5, 0.6) is 5.75 Å². The first-order valence-corrected chi connectivity index (χ1v) is 15.0. The van der Waals surface area contributed by atoms with Crippen molar-refractivity contribution in [3.63, 3.8) is 0 Å². The van der Waals surface area contributed by atoms with Gasteiger partial charge in [-0.05, 0) is 62.4 Å². The number of carbonyl (C=O) groups is 1. The van der Waals surface area contributed by atoms with E-state index in [9.17, 15) is 25.2 Å². The number of aliphatic hydroxyl groups excluding tert-OH is 1. The summed E-state index contributed by atoms with van der Waals surface area (Å²) in [5.41, 5.74) is -6.54. The van der Waals surface area contributed by atoms with Gasteiger partial charge in [0, 0.05) is 49.9 Å². The highest BCUT2D eigenvalue weighted by molar-refractivity contribution is 5.89. The van der Waals surface area contributed by atoms with Gasteiger partial charge >= 0.3 is 5.97 Å². The van der Waals surface area contributed by atoms with Crippen molar-refractivity contribution in [3.05, 3.63) is 29.8 Å². The van der Waals surface area contributed by atoms with Gasteiger partial charge in [0.15, 0.2) is 0 Å². The van der Waals surface area contributed by atoms with E-state index in [4.69, 9.17) is 18.9 Å². The molecule has 1 aromatic carbocycles. The van der Waals surface area contributed by atoms with Crippen molar-refractivity contribution in [3.8, 4) is 5.75 Å². The van der Waals surface area contributed by atoms with Crippen molar-refractivity contribution in [1.29, 1.82) is 0 Å². The Balaban J connectivity index is 1.35. The first-order chi connectivity index (χ1) is 19.5. The maximum atomic E-state index is 13.3. The molecule has 0 radical (unpaired) electrons. The van der Waals surface area contributed by atoms with Crippen LogP contribution in [0, 0.1) is 28.6 Å². The minimum Gasteiger partial charge on any atom is -0.497 e. The summed E-state index contributed by atoms with van der Waals surface area (Å²) in [5.74, 6) is -1.24. The molecule has 5 saturated carbocycles. The van der Waals surface area contributed by atoms with Crippen LogP contribution in [0.25, 0.3) is 0 Å². The summed E-state index contributed by atoms with van der Waals surface area (Å²) in [6.07, 6.45) is -0.521. The summed E-state index contributed by atoms with van der Waals surface area (Å²) in [6.45, 7) is 3.93. The van der Waals surface area contributed by atoms with E-state index in [0.717, 1.165) is 19.4 Å². The Bertz CT molecular complexity index is 1230. The Morgan fingerprint density at radius 3 is 2.44 bits per heavy atom. The molecule has 10 nitrogen and oxygen atoms in total. The van der Waals surface area contributed by atoms with Crippen molar-refractivity contribution in [1.82, 2.24) is 4.90 Å². The van der Waals surface area contributed by atoms with Gasteiger partial charge in [-0.1, -0.05) is 6.92 Å². The normalized spacial score (nSPS) is 51.0. The lowest BCUT2D eigenvalue weighted by molar-refractivity contribution is -0.366. The fourth-order valence-corrected chi connectivity index (χ4v) is 11.4. The number of hydrogen-bond acceptors (Lipinski definition) is 10. The number of nitrogens with zero attached hydrogens (tertiary/aromatic N) is 1. The third kappa shape index (κ3) is 3.00. The maximum Gasteiger partial charge on any atom is 0.338 e. The Morgan fingerprint density at radius 2 is 1.80 bits per heavy atom. The fourth-order valence-electron chi connectivity index (χ4n) is 11.4. The molecule has 1 aliphatic heterocycles. The van der Waals surface area contributed by atoms with Crippen LogP contribution in [-0.4, -0.2) is 113 Å². The molecule has 1 heterocycles. The van der Waals surface area contributed by atoms with Gasteiger partial charge in [0.25, 0.3) is 0 Å². The number of rotatable bonds is 7. The number of likely N-dealkylation sites (tertiary alicyclic amines) is 1. The van der Waals surface area contributed by atoms with Gasteiger partial charge in [0.05, 0.1) is 37.5 Å². The number of fused-ring (bicyclic) bond motifs is 2. The van der Waals surface area contributed by atoms with Crippen LogP contribution in [0.2, 0.25) is 0 Å². The number of likely N-dealkylation sites (N-methyl/N-ethyl adjacent to an activating group) is 1. The van der Waals surface area contributed by atoms with Crippen LogP contribution in [0.15, 0.2) is 24.3 Å². The van der Waals surface area contributed by atoms with Crippen molar-refractivity contribution < 1.29 is 44.2 Å². The molecular weight excluding hydrogens is 530 g/mol. The summed E-state index contributed by atoms with van der Waals surface area (Å²) >= 11 is 0. The Kier molecular flexibility index (Phi) is 6.06. The molecule has 226 valence electrons. The first-order valence-electron chi connectivity index (χ1n) is 15.0. The van der Waals surface area contributed by atoms with Crippen LogP contribution in [-0.2, 0) is 14.2 Å². The van der Waals surface area contributed by atoms with Crippen molar-refractivity contribution in [2.45, 2.75) is 80.2 Å². The number of methoxy groups -OCH3 is 3. The number of ether oxygens (including phenoxy) is 4. The predicted octanol–water partition coefficient (Wildman–Crippen LogP) is 0.980. The van der Waals surface area contributed by atoms with Crippen molar-refractivity contribution in [2.75, 3.05) is 41.0 Å². The lowest BCUT2D eigenvalue weighted by atomic mass is 9.41. The largest absolute Gasteiger partial charge is 0.497 e. The maximum absolute atomic E-state index is 13.3. The molecule has 0 aromatic heterocycles. The van der Waals surface area contributed by atoms with Crippen LogP contribution in [0.1, 0.15) is 49.4 Å².